The van der Waals surface area contributed by atoms with E-state index in [1.807, 2.05) is 48.5 Å². The molecule has 3 aromatic rings. The maximum Gasteiger partial charge on any atom is 0.335 e. The molecule has 0 bridgehead atoms. The van der Waals surface area contributed by atoms with Crippen LogP contribution in [0.2, 0.25) is 0 Å². The molecule has 0 aliphatic carbocycles. The zero-order valence-electron chi connectivity index (χ0n) is 21.4. The predicted molar refractivity (Wildman–Crippen MR) is 161 cm³/mol. The van der Waals surface area contributed by atoms with Gasteiger partial charge < -0.3 is 19.3 Å². The smallest absolute Gasteiger partial charge is 0.335 e. The zero-order valence-corrected chi connectivity index (χ0v) is 24.4. The monoisotopic (exact) mass is 658 g/mol. The number of amidine groups is 1. The average Bonchev–Trinajstić information content (AvgIpc) is 3.22. The van der Waals surface area contributed by atoms with Gasteiger partial charge >= 0.3 is 5.97 Å². The second-order valence-electron chi connectivity index (χ2n) is 8.47. The first-order valence-corrected chi connectivity index (χ1v) is 14.0. The lowest BCUT2D eigenvalue weighted by atomic mass is 10.1. The molecule has 1 amide bonds. The number of nitrogens with zero attached hydrogens (tertiary/aromatic N) is 2. The Morgan fingerprint density at radius 1 is 1.10 bits per heavy atom. The standard InChI is InChI=1S/C29H27IN2O6S/c1-36-14-6-13-32-27(33)25(39-29(32)31-22-7-4-3-5-8-22)17-20-15-23(30)26(24(16-20)37-2)38-18-19-9-11-21(12-10-19)28(34)35/h3-5,7-12,15-17H,6,13-14,18H2,1-2H3,(H,34,35)/b25-17-,31-29?. The molecule has 1 N–H and O–H groups in total. The van der Waals surface area contributed by atoms with E-state index in [0.29, 0.717) is 41.1 Å². The number of amides is 1. The molecule has 1 aliphatic heterocycles. The number of aromatic carboxylic acids is 1. The first-order chi connectivity index (χ1) is 18.9. The lowest BCUT2D eigenvalue weighted by molar-refractivity contribution is -0.122. The van der Waals surface area contributed by atoms with E-state index in [1.54, 1.807) is 43.4 Å². The first-order valence-electron chi connectivity index (χ1n) is 12.1. The van der Waals surface area contributed by atoms with Crippen LogP contribution in [0.3, 0.4) is 0 Å². The van der Waals surface area contributed by atoms with Gasteiger partial charge in [0.2, 0.25) is 0 Å². The molecule has 1 saturated heterocycles. The molecule has 8 nitrogen and oxygen atoms in total. The summed E-state index contributed by atoms with van der Waals surface area (Å²) < 4.78 is 17.6. The Hall–Kier alpha value is -3.35. The summed E-state index contributed by atoms with van der Waals surface area (Å²) in [5.41, 5.74) is 2.62. The average molecular weight is 659 g/mol. The van der Waals surface area contributed by atoms with Crippen LogP contribution < -0.4 is 9.47 Å². The highest BCUT2D eigenvalue weighted by atomic mass is 127. The number of carbonyl (C=O) groups is 2. The fourth-order valence-corrected chi connectivity index (χ4v) is 5.59. The maximum absolute atomic E-state index is 13.4. The number of hydrogen-bond donors (Lipinski definition) is 1. The van der Waals surface area contributed by atoms with Crippen LogP contribution in [0, 0.1) is 3.57 Å². The number of carboxylic acid groups (broad SMARTS) is 1. The zero-order chi connectivity index (χ0) is 27.8. The van der Waals surface area contributed by atoms with Gasteiger partial charge in [0.1, 0.15) is 6.61 Å². The Morgan fingerprint density at radius 3 is 2.51 bits per heavy atom. The lowest BCUT2D eigenvalue weighted by Crippen LogP contribution is -2.30. The molecule has 0 aromatic heterocycles. The van der Waals surface area contributed by atoms with Crippen molar-refractivity contribution in [2.75, 3.05) is 27.4 Å². The van der Waals surface area contributed by atoms with Crippen LogP contribution in [0.1, 0.15) is 27.9 Å². The SMILES string of the molecule is COCCCN1C(=O)/C(=C/c2cc(I)c(OCc3ccc(C(=O)O)cc3)c(OC)c2)SC1=Nc1ccccc1. The summed E-state index contributed by atoms with van der Waals surface area (Å²) in [6.45, 7) is 1.30. The van der Waals surface area contributed by atoms with Gasteiger partial charge in [-0.2, -0.15) is 0 Å². The van der Waals surface area contributed by atoms with Crippen LogP contribution in [0.15, 0.2) is 76.6 Å². The van der Waals surface area contributed by atoms with Crippen LogP contribution in [0.25, 0.3) is 6.08 Å². The summed E-state index contributed by atoms with van der Waals surface area (Å²) in [6, 6.07) is 19.8. The molecular formula is C29H27IN2O6S. The number of carbonyl (C=O) groups excluding carboxylic acids is 1. The number of rotatable bonds is 11. The van der Waals surface area contributed by atoms with Gasteiger partial charge in [-0.1, -0.05) is 30.3 Å². The summed E-state index contributed by atoms with van der Waals surface area (Å²) in [7, 11) is 3.21. The van der Waals surface area contributed by atoms with Crippen LogP contribution in [-0.2, 0) is 16.1 Å². The van der Waals surface area contributed by atoms with Crippen LogP contribution in [0.4, 0.5) is 5.69 Å². The summed E-state index contributed by atoms with van der Waals surface area (Å²) in [6.07, 6.45) is 2.53. The molecule has 1 aliphatic rings. The Kier molecular flexibility index (Phi) is 10.0. The molecule has 1 fully saturated rings. The number of thioether (sulfide) groups is 1. The van der Waals surface area contributed by atoms with Crippen molar-refractivity contribution in [2.45, 2.75) is 13.0 Å². The number of ether oxygens (including phenoxy) is 3. The molecule has 39 heavy (non-hydrogen) atoms. The highest BCUT2D eigenvalue weighted by Crippen LogP contribution is 2.38. The number of methoxy groups -OCH3 is 2. The van der Waals surface area contributed by atoms with Gasteiger partial charge in [-0.25, -0.2) is 9.79 Å². The molecule has 4 rings (SSSR count). The molecule has 0 spiro atoms. The van der Waals surface area contributed by atoms with Crippen molar-refractivity contribution in [3.63, 3.8) is 0 Å². The number of hydrogen-bond acceptors (Lipinski definition) is 7. The van der Waals surface area contributed by atoms with E-state index < -0.39 is 5.97 Å². The van der Waals surface area contributed by atoms with Crippen molar-refractivity contribution in [1.29, 1.82) is 0 Å². The van der Waals surface area contributed by atoms with E-state index in [4.69, 9.17) is 24.3 Å². The molecule has 10 heteroatoms. The number of carboxylic acids is 1. The van der Waals surface area contributed by atoms with Crippen molar-refractivity contribution in [2.24, 2.45) is 4.99 Å². The van der Waals surface area contributed by atoms with Crippen LogP contribution >= 0.6 is 34.4 Å². The number of benzene rings is 3. The van der Waals surface area contributed by atoms with Gasteiger partial charge in [-0.15, -0.1) is 0 Å². The summed E-state index contributed by atoms with van der Waals surface area (Å²) in [5, 5.41) is 9.72. The number of halogens is 1. The fourth-order valence-electron chi connectivity index (χ4n) is 3.78. The third kappa shape index (κ3) is 7.40. The van der Waals surface area contributed by atoms with Gasteiger partial charge in [-0.05, 0) is 94.4 Å². The van der Waals surface area contributed by atoms with Crippen molar-refractivity contribution in [3.05, 3.63) is 91.9 Å². The highest BCUT2D eigenvalue weighted by Gasteiger charge is 2.33. The minimum absolute atomic E-state index is 0.107. The van der Waals surface area contributed by atoms with E-state index in [-0.39, 0.29) is 18.1 Å². The Labute approximate surface area is 244 Å². The Bertz CT molecular complexity index is 1390. The first kappa shape index (κ1) is 28.7. The molecule has 0 saturated carbocycles. The third-order valence-electron chi connectivity index (χ3n) is 5.73. The van der Waals surface area contributed by atoms with E-state index in [2.05, 4.69) is 22.6 Å². The second-order valence-corrected chi connectivity index (χ2v) is 10.6. The summed E-state index contributed by atoms with van der Waals surface area (Å²) >= 11 is 3.52. The molecule has 3 aromatic carbocycles. The predicted octanol–water partition coefficient (Wildman–Crippen LogP) is 6.22. The van der Waals surface area contributed by atoms with Crippen LogP contribution in [0.5, 0.6) is 11.5 Å². The molecule has 202 valence electrons. The normalized spacial score (nSPS) is 15.3. The van der Waals surface area contributed by atoms with Crippen molar-refractivity contribution < 1.29 is 28.9 Å². The highest BCUT2D eigenvalue weighted by molar-refractivity contribution is 14.1. The van der Waals surface area contributed by atoms with Crippen molar-refractivity contribution >= 4 is 63.2 Å². The molecule has 0 atom stereocenters. The lowest BCUT2D eigenvalue weighted by Gasteiger charge is -2.15. The molecular weight excluding hydrogens is 631 g/mol. The van der Waals surface area contributed by atoms with Gasteiger partial charge in [0.25, 0.3) is 5.91 Å². The molecule has 1 heterocycles. The van der Waals surface area contributed by atoms with Gasteiger partial charge in [-0.3, -0.25) is 9.69 Å². The quantitative estimate of drug-likeness (QED) is 0.149. The maximum atomic E-state index is 13.4. The summed E-state index contributed by atoms with van der Waals surface area (Å²) in [4.78, 5) is 31.4. The van der Waals surface area contributed by atoms with E-state index in [1.165, 1.54) is 11.8 Å². The minimum atomic E-state index is -0.973. The van der Waals surface area contributed by atoms with Crippen molar-refractivity contribution in [3.8, 4) is 11.5 Å². The fraction of sp³-hybridized carbons (Fsp3) is 0.207. The second kappa shape index (κ2) is 13.6. The largest absolute Gasteiger partial charge is 0.493 e. The number of para-hydroxylation sites is 1. The van der Waals surface area contributed by atoms with E-state index >= 15 is 0 Å². The van der Waals surface area contributed by atoms with Crippen molar-refractivity contribution in [1.82, 2.24) is 4.90 Å². The van der Waals surface area contributed by atoms with Gasteiger partial charge in [0, 0.05) is 20.3 Å². The minimum Gasteiger partial charge on any atom is -0.493 e. The van der Waals surface area contributed by atoms with E-state index in [9.17, 15) is 9.59 Å². The molecule has 0 radical (unpaired) electrons. The van der Waals surface area contributed by atoms with Gasteiger partial charge in [0.05, 0.1) is 26.8 Å². The Balaban J connectivity index is 1.56. The van der Waals surface area contributed by atoms with Gasteiger partial charge in [0.15, 0.2) is 16.7 Å². The van der Waals surface area contributed by atoms with E-state index in [0.717, 1.165) is 20.4 Å². The Morgan fingerprint density at radius 2 is 1.85 bits per heavy atom. The van der Waals surface area contributed by atoms with Crippen LogP contribution in [-0.4, -0.2) is 54.4 Å². The number of aliphatic imine (C=N–C) groups is 1. The third-order valence-corrected chi connectivity index (χ3v) is 7.54. The molecule has 0 unspecified atom stereocenters. The topological polar surface area (TPSA) is 97.7 Å². The summed E-state index contributed by atoms with van der Waals surface area (Å²) in [5.74, 6) is 0.0192.